The maximum absolute atomic E-state index is 5.84. The van der Waals surface area contributed by atoms with Crippen molar-refractivity contribution in [3.8, 4) is 0 Å². The number of benzene rings is 1. The van der Waals surface area contributed by atoms with E-state index in [1.165, 1.54) is 16.7 Å². The molecule has 2 atom stereocenters. The first-order valence-corrected chi connectivity index (χ1v) is 6.92. The molecule has 0 aliphatic carbocycles. The third kappa shape index (κ3) is 3.76. The van der Waals surface area contributed by atoms with Crippen molar-refractivity contribution in [2.24, 2.45) is 5.84 Å². The molecule has 0 spiro atoms. The van der Waals surface area contributed by atoms with E-state index >= 15 is 0 Å². The van der Waals surface area contributed by atoms with Gasteiger partial charge in [0.05, 0.1) is 18.8 Å². The normalized spacial score (nSPS) is 22.4. The number of rotatable bonds is 4. The van der Waals surface area contributed by atoms with Gasteiger partial charge in [0, 0.05) is 13.1 Å². The Labute approximate surface area is 115 Å². The van der Waals surface area contributed by atoms with Gasteiger partial charge < -0.3 is 9.64 Å². The van der Waals surface area contributed by atoms with Gasteiger partial charge in [0.25, 0.3) is 0 Å². The summed E-state index contributed by atoms with van der Waals surface area (Å²) in [5.41, 5.74) is 6.89. The maximum atomic E-state index is 5.84. The molecule has 2 rings (SSSR count). The fourth-order valence-corrected chi connectivity index (χ4v) is 2.54. The average Bonchev–Trinajstić information content (AvgIpc) is 2.40. The maximum Gasteiger partial charge on any atom is 0.0871 e. The Kier molecular flexibility index (Phi) is 4.93. The van der Waals surface area contributed by atoms with E-state index in [2.05, 4.69) is 49.4 Å². The van der Waals surface area contributed by atoms with Crippen LogP contribution in [0.4, 0.5) is 0 Å². The predicted octanol–water partition coefficient (Wildman–Crippen LogP) is 1.01. The molecule has 1 heterocycles. The van der Waals surface area contributed by atoms with Gasteiger partial charge in [-0.2, -0.15) is 0 Å². The minimum Gasteiger partial charge on any atom is -0.374 e. The smallest absolute Gasteiger partial charge is 0.0871 e. The van der Waals surface area contributed by atoms with E-state index in [1.54, 1.807) is 0 Å². The van der Waals surface area contributed by atoms with Crippen molar-refractivity contribution in [1.82, 2.24) is 10.3 Å². The fourth-order valence-electron chi connectivity index (χ4n) is 2.54. The molecule has 1 aliphatic heterocycles. The first-order valence-electron chi connectivity index (χ1n) is 6.92. The second-order valence-electron chi connectivity index (χ2n) is 5.57. The van der Waals surface area contributed by atoms with Gasteiger partial charge in [-0.3, -0.25) is 11.3 Å². The summed E-state index contributed by atoms with van der Waals surface area (Å²) in [7, 11) is 2.12. The highest BCUT2D eigenvalue weighted by Gasteiger charge is 2.26. The van der Waals surface area contributed by atoms with Crippen LogP contribution in [0.2, 0.25) is 0 Å². The lowest BCUT2D eigenvalue weighted by molar-refractivity contribution is -0.0384. The SMILES string of the molecule is Cc1ccc(CC(NN)C2CN(C)CCO2)cc1C. The van der Waals surface area contributed by atoms with Crippen molar-refractivity contribution in [2.75, 3.05) is 26.7 Å². The Morgan fingerprint density at radius 2 is 2.21 bits per heavy atom. The van der Waals surface area contributed by atoms with Crippen LogP contribution in [0, 0.1) is 13.8 Å². The van der Waals surface area contributed by atoms with E-state index in [1.807, 2.05) is 0 Å². The fraction of sp³-hybridized carbons (Fsp3) is 0.600. The summed E-state index contributed by atoms with van der Waals surface area (Å²) in [5, 5.41) is 0. The van der Waals surface area contributed by atoms with Crippen LogP contribution in [-0.2, 0) is 11.2 Å². The molecular weight excluding hydrogens is 238 g/mol. The third-order valence-electron chi connectivity index (χ3n) is 3.99. The van der Waals surface area contributed by atoms with Gasteiger partial charge in [0.15, 0.2) is 0 Å². The average molecular weight is 263 g/mol. The number of hydrogen-bond donors (Lipinski definition) is 2. The Bertz CT molecular complexity index is 422. The Hall–Kier alpha value is -0.940. The van der Waals surface area contributed by atoms with E-state index in [4.69, 9.17) is 10.6 Å². The minimum atomic E-state index is 0.157. The minimum absolute atomic E-state index is 0.157. The van der Waals surface area contributed by atoms with Crippen LogP contribution in [0.1, 0.15) is 16.7 Å². The van der Waals surface area contributed by atoms with Crippen LogP contribution in [0.3, 0.4) is 0 Å². The van der Waals surface area contributed by atoms with Crippen molar-refractivity contribution in [3.05, 3.63) is 34.9 Å². The standard InChI is InChI=1S/C15H25N3O/c1-11-4-5-13(8-12(11)2)9-14(17-16)15-10-18(3)6-7-19-15/h4-5,8,14-15,17H,6-7,9-10,16H2,1-3H3. The highest BCUT2D eigenvalue weighted by Crippen LogP contribution is 2.15. The van der Waals surface area contributed by atoms with Crippen molar-refractivity contribution in [2.45, 2.75) is 32.4 Å². The van der Waals surface area contributed by atoms with Crippen molar-refractivity contribution in [3.63, 3.8) is 0 Å². The van der Waals surface area contributed by atoms with Gasteiger partial charge in [-0.05, 0) is 44.0 Å². The third-order valence-corrected chi connectivity index (χ3v) is 3.99. The molecule has 3 N–H and O–H groups in total. The molecule has 1 aromatic carbocycles. The Morgan fingerprint density at radius 1 is 1.42 bits per heavy atom. The van der Waals surface area contributed by atoms with Crippen molar-refractivity contribution >= 4 is 0 Å². The lowest BCUT2D eigenvalue weighted by Gasteiger charge is -2.35. The molecule has 19 heavy (non-hydrogen) atoms. The Balaban J connectivity index is 2.03. The lowest BCUT2D eigenvalue weighted by atomic mass is 9.97. The molecule has 1 aromatic rings. The summed E-state index contributed by atoms with van der Waals surface area (Å²) in [6, 6.07) is 6.75. The first kappa shape index (κ1) is 14.5. The zero-order valence-electron chi connectivity index (χ0n) is 12.1. The largest absolute Gasteiger partial charge is 0.374 e. The van der Waals surface area contributed by atoms with E-state index in [0.717, 1.165) is 26.1 Å². The molecule has 0 amide bonds. The van der Waals surface area contributed by atoms with Gasteiger partial charge in [-0.15, -0.1) is 0 Å². The number of ether oxygens (including phenoxy) is 1. The van der Waals surface area contributed by atoms with Gasteiger partial charge in [-0.1, -0.05) is 18.2 Å². The van der Waals surface area contributed by atoms with Crippen LogP contribution < -0.4 is 11.3 Å². The summed E-state index contributed by atoms with van der Waals surface area (Å²) in [4.78, 5) is 2.29. The van der Waals surface area contributed by atoms with Gasteiger partial charge in [-0.25, -0.2) is 0 Å². The lowest BCUT2D eigenvalue weighted by Crippen LogP contribution is -2.54. The van der Waals surface area contributed by atoms with E-state index < -0.39 is 0 Å². The number of hydrogen-bond acceptors (Lipinski definition) is 4. The van der Waals surface area contributed by atoms with Crippen molar-refractivity contribution < 1.29 is 4.74 Å². The van der Waals surface area contributed by atoms with Crippen LogP contribution in [0.5, 0.6) is 0 Å². The summed E-state index contributed by atoms with van der Waals surface area (Å²) in [5.74, 6) is 5.72. The van der Waals surface area contributed by atoms with Crippen LogP contribution >= 0.6 is 0 Å². The molecule has 0 saturated carbocycles. The topological polar surface area (TPSA) is 50.5 Å². The summed E-state index contributed by atoms with van der Waals surface area (Å²) < 4.78 is 5.84. The number of hydrazine groups is 1. The van der Waals surface area contributed by atoms with E-state index in [0.29, 0.717) is 0 Å². The molecule has 4 heteroatoms. The molecule has 0 bridgehead atoms. The highest BCUT2D eigenvalue weighted by atomic mass is 16.5. The number of nitrogens with one attached hydrogen (secondary N) is 1. The summed E-state index contributed by atoms with van der Waals surface area (Å²) >= 11 is 0. The molecule has 106 valence electrons. The molecule has 1 saturated heterocycles. The molecule has 4 nitrogen and oxygen atoms in total. The van der Waals surface area contributed by atoms with E-state index in [-0.39, 0.29) is 12.1 Å². The van der Waals surface area contributed by atoms with Gasteiger partial charge in [0.2, 0.25) is 0 Å². The van der Waals surface area contributed by atoms with Gasteiger partial charge >= 0.3 is 0 Å². The number of aryl methyl sites for hydroxylation is 2. The predicted molar refractivity (Wildman–Crippen MR) is 78.0 cm³/mol. The first-order chi connectivity index (χ1) is 9.10. The zero-order chi connectivity index (χ0) is 13.8. The van der Waals surface area contributed by atoms with Crippen molar-refractivity contribution in [1.29, 1.82) is 0 Å². The second kappa shape index (κ2) is 6.48. The summed E-state index contributed by atoms with van der Waals surface area (Å²) in [6.07, 6.45) is 1.06. The molecule has 1 fully saturated rings. The van der Waals surface area contributed by atoms with Crippen LogP contribution in [0.15, 0.2) is 18.2 Å². The number of nitrogens with zero attached hydrogens (tertiary/aromatic N) is 1. The summed E-state index contributed by atoms with van der Waals surface area (Å²) in [6.45, 7) is 7.00. The van der Waals surface area contributed by atoms with E-state index in [9.17, 15) is 0 Å². The number of likely N-dealkylation sites (N-methyl/N-ethyl adjacent to an activating group) is 1. The number of nitrogens with two attached hydrogens (primary N) is 1. The van der Waals surface area contributed by atoms with Gasteiger partial charge in [0.1, 0.15) is 0 Å². The van der Waals surface area contributed by atoms with Crippen LogP contribution in [-0.4, -0.2) is 43.8 Å². The Morgan fingerprint density at radius 3 is 2.84 bits per heavy atom. The second-order valence-corrected chi connectivity index (χ2v) is 5.57. The molecule has 2 unspecified atom stereocenters. The quantitative estimate of drug-likeness (QED) is 0.629. The molecule has 0 radical (unpaired) electrons. The monoisotopic (exact) mass is 263 g/mol. The molecular formula is C15H25N3O. The number of morpholine rings is 1. The van der Waals surface area contributed by atoms with Crippen LogP contribution in [0.25, 0.3) is 0 Å². The molecule has 0 aromatic heterocycles. The zero-order valence-corrected chi connectivity index (χ0v) is 12.1. The highest BCUT2D eigenvalue weighted by molar-refractivity contribution is 5.30. The molecule has 1 aliphatic rings.